The first kappa shape index (κ1) is 17.2. The van der Waals surface area contributed by atoms with Gasteiger partial charge in [-0.3, -0.25) is 4.79 Å². The highest BCUT2D eigenvalue weighted by Gasteiger charge is 2.21. The van der Waals surface area contributed by atoms with Gasteiger partial charge in [-0.2, -0.15) is 0 Å². The van der Waals surface area contributed by atoms with Crippen molar-refractivity contribution in [2.45, 2.75) is 39.3 Å². The standard InChI is InChI=1S/C20H26N2O/c1-14(2)19(21)20(23)22-18(17-7-5-4-6-8-17)13-16-11-9-15(3)10-12-16/h4-12,14,18-19H,13,21H2,1-3H3,(H,22,23)/t18-,19-/m0/s1. The van der Waals surface area contributed by atoms with Crippen LogP contribution in [0, 0.1) is 12.8 Å². The molecule has 0 aliphatic rings. The van der Waals surface area contributed by atoms with E-state index >= 15 is 0 Å². The number of carbonyl (C=O) groups excluding carboxylic acids is 1. The summed E-state index contributed by atoms with van der Waals surface area (Å²) in [5.74, 6) is 0.0202. The Morgan fingerprint density at radius 1 is 1.04 bits per heavy atom. The molecule has 3 N–H and O–H groups in total. The minimum Gasteiger partial charge on any atom is -0.348 e. The van der Waals surface area contributed by atoms with Gasteiger partial charge >= 0.3 is 0 Å². The zero-order valence-electron chi connectivity index (χ0n) is 14.1. The summed E-state index contributed by atoms with van der Waals surface area (Å²) in [6, 6.07) is 17.9. The van der Waals surface area contributed by atoms with E-state index in [0.717, 1.165) is 12.0 Å². The van der Waals surface area contributed by atoms with Gasteiger partial charge in [-0.05, 0) is 30.4 Å². The maximum Gasteiger partial charge on any atom is 0.237 e. The van der Waals surface area contributed by atoms with Crippen molar-refractivity contribution in [3.63, 3.8) is 0 Å². The molecule has 0 unspecified atom stereocenters. The summed E-state index contributed by atoms with van der Waals surface area (Å²) in [5, 5.41) is 3.11. The number of aryl methyl sites for hydroxylation is 1. The molecule has 0 fully saturated rings. The summed E-state index contributed by atoms with van der Waals surface area (Å²) in [6.45, 7) is 5.99. The van der Waals surface area contributed by atoms with Gasteiger partial charge in [0.2, 0.25) is 5.91 Å². The summed E-state index contributed by atoms with van der Waals surface area (Å²) in [7, 11) is 0. The summed E-state index contributed by atoms with van der Waals surface area (Å²) in [6.07, 6.45) is 0.751. The lowest BCUT2D eigenvalue weighted by molar-refractivity contribution is -0.124. The molecule has 2 aromatic rings. The molecule has 0 aliphatic heterocycles. The molecule has 0 saturated carbocycles. The van der Waals surface area contributed by atoms with Crippen molar-refractivity contribution in [3.05, 3.63) is 71.3 Å². The van der Waals surface area contributed by atoms with E-state index in [1.807, 2.05) is 44.2 Å². The van der Waals surface area contributed by atoms with E-state index in [-0.39, 0.29) is 17.9 Å². The Morgan fingerprint density at radius 3 is 2.22 bits per heavy atom. The maximum atomic E-state index is 12.4. The Kier molecular flexibility index (Phi) is 5.94. The second-order valence-corrected chi connectivity index (χ2v) is 6.43. The van der Waals surface area contributed by atoms with Crippen LogP contribution in [0.4, 0.5) is 0 Å². The van der Waals surface area contributed by atoms with Crippen molar-refractivity contribution in [3.8, 4) is 0 Å². The molecule has 2 aromatic carbocycles. The van der Waals surface area contributed by atoms with Crippen molar-refractivity contribution in [2.75, 3.05) is 0 Å². The van der Waals surface area contributed by atoms with Gasteiger partial charge in [0, 0.05) is 0 Å². The molecule has 0 aromatic heterocycles. The SMILES string of the molecule is Cc1ccc(C[C@H](NC(=O)[C@@H](N)C(C)C)c2ccccc2)cc1. The van der Waals surface area contributed by atoms with Crippen LogP contribution in [0.15, 0.2) is 54.6 Å². The Morgan fingerprint density at radius 2 is 1.65 bits per heavy atom. The van der Waals surface area contributed by atoms with Crippen LogP contribution in [0.3, 0.4) is 0 Å². The molecule has 0 aliphatic carbocycles. The zero-order valence-corrected chi connectivity index (χ0v) is 14.1. The molecule has 23 heavy (non-hydrogen) atoms. The van der Waals surface area contributed by atoms with Crippen LogP contribution in [0.5, 0.6) is 0 Å². The number of amides is 1. The van der Waals surface area contributed by atoms with Crippen LogP contribution in [-0.2, 0) is 11.2 Å². The van der Waals surface area contributed by atoms with Crippen LogP contribution in [0.2, 0.25) is 0 Å². The van der Waals surface area contributed by atoms with Crippen LogP contribution < -0.4 is 11.1 Å². The highest BCUT2D eigenvalue weighted by atomic mass is 16.2. The predicted molar refractivity (Wildman–Crippen MR) is 95.0 cm³/mol. The van der Waals surface area contributed by atoms with Gasteiger partial charge < -0.3 is 11.1 Å². The number of benzene rings is 2. The largest absolute Gasteiger partial charge is 0.348 e. The third kappa shape index (κ3) is 4.93. The Bertz CT molecular complexity index is 620. The number of carbonyl (C=O) groups is 1. The number of nitrogens with one attached hydrogen (secondary N) is 1. The molecule has 0 radical (unpaired) electrons. The van der Waals surface area contributed by atoms with E-state index in [4.69, 9.17) is 5.73 Å². The van der Waals surface area contributed by atoms with Crippen LogP contribution in [0.1, 0.15) is 36.6 Å². The quantitative estimate of drug-likeness (QED) is 0.859. The third-order valence-electron chi connectivity index (χ3n) is 4.10. The summed E-state index contributed by atoms with van der Waals surface area (Å²) >= 11 is 0. The first-order valence-electron chi connectivity index (χ1n) is 8.14. The van der Waals surface area contributed by atoms with Gasteiger partial charge in [0.05, 0.1) is 12.1 Å². The number of hydrogen-bond donors (Lipinski definition) is 2. The summed E-state index contributed by atoms with van der Waals surface area (Å²) in [4.78, 5) is 12.4. The van der Waals surface area contributed by atoms with E-state index < -0.39 is 6.04 Å². The number of nitrogens with two attached hydrogens (primary N) is 1. The number of rotatable bonds is 6. The second-order valence-electron chi connectivity index (χ2n) is 6.43. The minimum absolute atomic E-state index is 0.0730. The molecule has 0 bridgehead atoms. The fraction of sp³-hybridized carbons (Fsp3) is 0.350. The lowest BCUT2D eigenvalue weighted by Gasteiger charge is -2.23. The average Bonchev–Trinajstić information content (AvgIpc) is 2.56. The molecule has 3 heteroatoms. The van der Waals surface area contributed by atoms with Crippen LogP contribution >= 0.6 is 0 Å². The second kappa shape index (κ2) is 7.93. The van der Waals surface area contributed by atoms with E-state index in [1.165, 1.54) is 11.1 Å². The maximum absolute atomic E-state index is 12.4. The van der Waals surface area contributed by atoms with Gasteiger partial charge in [-0.1, -0.05) is 74.0 Å². The normalized spacial score (nSPS) is 13.6. The van der Waals surface area contributed by atoms with Crippen molar-refractivity contribution >= 4 is 5.91 Å². The topological polar surface area (TPSA) is 55.1 Å². The summed E-state index contributed by atoms with van der Waals surface area (Å²) < 4.78 is 0. The average molecular weight is 310 g/mol. The molecule has 1 amide bonds. The Balaban J connectivity index is 2.18. The smallest absolute Gasteiger partial charge is 0.237 e. The van der Waals surface area contributed by atoms with Crippen LogP contribution in [-0.4, -0.2) is 11.9 Å². The molecule has 122 valence electrons. The molecule has 2 rings (SSSR count). The van der Waals surface area contributed by atoms with E-state index in [9.17, 15) is 4.79 Å². The fourth-order valence-corrected chi connectivity index (χ4v) is 2.47. The number of hydrogen-bond acceptors (Lipinski definition) is 2. The van der Waals surface area contributed by atoms with Gasteiger partial charge in [-0.15, -0.1) is 0 Å². The fourth-order valence-electron chi connectivity index (χ4n) is 2.47. The van der Waals surface area contributed by atoms with Gasteiger partial charge in [0.1, 0.15) is 0 Å². The van der Waals surface area contributed by atoms with Crippen molar-refractivity contribution in [1.29, 1.82) is 0 Å². The van der Waals surface area contributed by atoms with Gasteiger partial charge in [0.15, 0.2) is 0 Å². The highest BCUT2D eigenvalue weighted by molar-refractivity contribution is 5.82. The summed E-state index contributed by atoms with van der Waals surface area (Å²) in [5.41, 5.74) is 9.51. The Labute approximate surface area is 138 Å². The molecule has 0 heterocycles. The van der Waals surface area contributed by atoms with Crippen molar-refractivity contribution in [1.82, 2.24) is 5.32 Å². The Hall–Kier alpha value is -2.13. The van der Waals surface area contributed by atoms with Gasteiger partial charge in [0.25, 0.3) is 0 Å². The third-order valence-corrected chi connectivity index (χ3v) is 4.10. The van der Waals surface area contributed by atoms with E-state index in [2.05, 4.69) is 36.5 Å². The molecule has 0 saturated heterocycles. The van der Waals surface area contributed by atoms with E-state index in [1.54, 1.807) is 0 Å². The zero-order chi connectivity index (χ0) is 16.8. The first-order valence-corrected chi connectivity index (χ1v) is 8.14. The monoisotopic (exact) mass is 310 g/mol. The van der Waals surface area contributed by atoms with Gasteiger partial charge in [-0.25, -0.2) is 0 Å². The molecular weight excluding hydrogens is 284 g/mol. The molecule has 0 spiro atoms. The lowest BCUT2D eigenvalue weighted by atomic mass is 9.97. The van der Waals surface area contributed by atoms with Crippen molar-refractivity contribution < 1.29 is 4.79 Å². The molecule has 2 atom stereocenters. The first-order chi connectivity index (χ1) is 11.0. The van der Waals surface area contributed by atoms with Crippen molar-refractivity contribution in [2.24, 2.45) is 11.7 Å². The highest BCUT2D eigenvalue weighted by Crippen LogP contribution is 2.19. The lowest BCUT2D eigenvalue weighted by Crippen LogP contribution is -2.45. The minimum atomic E-state index is -0.487. The van der Waals surface area contributed by atoms with E-state index in [0.29, 0.717) is 0 Å². The molecule has 3 nitrogen and oxygen atoms in total. The molecular formula is C20H26N2O. The van der Waals surface area contributed by atoms with Crippen LogP contribution in [0.25, 0.3) is 0 Å². The predicted octanol–water partition coefficient (Wildman–Crippen LogP) is 3.38.